The van der Waals surface area contributed by atoms with Crippen molar-refractivity contribution >= 4 is 23.2 Å². The van der Waals surface area contributed by atoms with Gasteiger partial charge in [-0.05, 0) is 19.8 Å². The van der Waals surface area contributed by atoms with Crippen molar-refractivity contribution in [3.63, 3.8) is 0 Å². The van der Waals surface area contributed by atoms with E-state index in [9.17, 15) is 9.59 Å². The maximum absolute atomic E-state index is 12.6. The van der Waals surface area contributed by atoms with Crippen LogP contribution in [-0.2, 0) is 16.0 Å². The number of hydrogen-bond acceptors (Lipinski definition) is 4. The summed E-state index contributed by atoms with van der Waals surface area (Å²) in [7, 11) is 1.82. The lowest BCUT2D eigenvalue weighted by Crippen LogP contribution is -2.57. The molecule has 0 bridgehead atoms. The van der Waals surface area contributed by atoms with Gasteiger partial charge in [0, 0.05) is 31.4 Å². The molecule has 6 heteroatoms. The fraction of sp³-hybridized carbons (Fsp3) is 0.688. The highest BCUT2D eigenvalue weighted by molar-refractivity contribution is 7.09. The topological polar surface area (TPSA) is 53.5 Å². The number of amides is 2. The van der Waals surface area contributed by atoms with Gasteiger partial charge in [-0.1, -0.05) is 19.8 Å². The molecule has 0 aromatic carbocycles. The van der Waals surface area contributed by atoms with E-state index in [1.165, 1.54) is 4.88 Å². The van der Waals surface area contributed by atoms with Crippen LogP contribution >= 0.6 is 11.3 Å². The molecular weight excluding hydrogens is 298 g/mol. The third-order valence-electron chi connectivity index (χ3n) is 4.28. The first-order chi connectivity index (χ1) is 10.5. The van der Waals surface area contributed by atoms with Crippen LogP contribution < -0.4 is 0 Å². The average molecular weight is 323 g/mol. The molecular formula is C16H25N3O2S. The molecule has 0 saturated carbocycles. The Bertz CT molecular complexity index is 529. The third-order valence-corrected chi connectivity index (χ3v) is 5.27. The fourth-order valence-electron chi connectivity index (χ4n) is 2.82. The minimum Gasteiger partial charge on any atom is -0.342 e. The molecule has 1 fully saturated rings. The SMILES string of the molecule is CCCC[C@@H]1C(=O)N(C)CCN1C(=O)CCc1scnc1C. The average Bonchev–Trinajstić information content (AvgIpc) is 2.91. The smallest absolute Gasteiger partial charge is 0.245 e. The highest BCUT2D eigenvalue weighted by atomic mass is 32.1. The number of nitrogens with zero attached hydrogens (tertiary/aromatic N) is 3. The van der Waals surface area contributed by atoms with Crippen LogP contribution in [-0.4, -0.2) is 52.8 Å². The van der Waals surface area contributed by atoms with Gasteiger partial charge < -0.3 is 9.80 Å². The second kappa shape index (κ2) is 7.72. The van der Waals surface area contributed by atoms with E-state index in [4.69, 9.17) is 0 Å². The molecule has 1 aliphatic heterocycles. The van der Waals surface area contributed by atoms with Crippen LogP contribution in [0, 0.1) is 6.92 Å². The summed E-state index contributed by atoms with van der Waals surface area (Å²) in [4.78, 5) is 33.9. The van der Waals surface area contributed by atoms with Crippen molar-refractivity contribution in [2.24, 2.45) is 0 Å². The number of piperazine rings is 1. The van der Waals surface area contributed by atoms with Gasteiger partial charge in [0.25, 0.3) is 0 Å². The number of carbonyl (C=O) groups excluding carboxylic acids is 2. The molecule has 5 nitrogen and oxygen atoms in total. The Hall–Kier alpha value is -1.43. The van der Waals surface area contributed by atoms with Crippen LogP contribution in [0.3, 0.4) is 0 Å². The van der Waals surface area contributed by atoms with Crippen LogP contribution in [0.4, 0.5) is 0 Å². The Kier molecular flexibility index (Phi) is 5.94. The molecule has 122 valence electrons. The normalized spacial score (nSPS) is 18.9. The first kappa shape index (κ1) is 16.9. The van der Waals surface area contributed by atoms with Gasteiger partial charge in [-0.3, -0.25) is 9.59 Å². The van der Waals surface area contributed by atoms with Gasteiger partial charge in [0.05, 0.1) is 11.2 Å². The Morgan fingerprint density at radius 1 is 1.45 bits per heavy atom. The van der Waals surface area contributed by atoms with E-state index >= 15 is 0 Å². The number of aryl methyl sites for hydroxylation is 2. The Morgan fingerprint density at radius 2 is 2.23 bits per heavy atom. The van der Waals surface area contributed by atoms with Crippen LogP contribution in [0.2, 0.25) is 0 Å². The highest BCUT2D eigenvalue weighted by Gasteiger charge is 2.34. The highest BCUT2D eigenvalue weighted by Crippen LogP contribution is 2.19. The number of likely N-dealkylation sites (N-methyl/N-ethyl adjacent to an activating group) is 1. The number of hydrogen-bond donors (Lipinski definition) is 0. The summed E-state index contributed by atoms with van der Waals surface area (Å²) in [5, 5.41) is 0. The summed E-state index contributed by atoms with van der Waals surface area (Å²) in [6.07, 6.45) is 3.96. The molecule has 2 amide bonds. The maximum atomic E-state index is 12.6. The number of unbranched alkanes of at least 4 members (excludes halogenated alkanes) is 1. The van der Waals surface area contributed by atoms with Crippen LogP contribution in [0.25, 0.3) is 0 Å². The van der Waals surface area contributed by atoms with Gasteiger partial charge in [0.1, 0.15) is 6.04 Å². The lowest BCUT2D eigenvalue weighted by molar-refractivity contribution is -0.150. The summed E-state index contributed by atoms with van der Waals surface area (Å²) < 4.78 is 0. The molecule has 0 radical (unpaired) electrons. The molecule has 1 atom stereocenters. The number of aromatic nitrogens is 1. The third kappa shape index (κ3) is 3.85. The minimum absolute atomic E-state index is 0.0852. The van der Waals surface area contributed by atoms with Gasteiger partial charge in [-0.25, -0.2) is 4.98 Å². The molecule has 2 rings (SSSR count). The zero-order valence-electron chi connectivity index (χ0n) is 13.7. The second-order valence-electron chi connectivity index (χ2n) is 5.87. The van der Waals surface area contributed by atoms with Crippen molar-refractivity contribution in [2.45, 2.75) is 52.0 Å². The van der Waals surface area contributed by atoms with E-state index in [2.05, 4.69) is 11.9 Å². The monoisotopic (exact) mass is 323 g/mol. The Labute approximate surface area is 136 Å². The van der Waals surface area contributed by atoms with Crippen molar-refractivity contribution in [3.05, 3.63) is 16.1 Å². The zero-order chi connectivity index (χ0) is 16.1. The maximum Gasteiger partial charge on any atom is 0.245 e. The molecule has 1 aromatic heterocycles. The summed E-state index contributed by atoms with van der Waals surface area (Å²) >= 11 is 1.60. The van der Waals surface area contributed by atoms with E-state index in [0.29, 0.717) is 19.5 Å². The minimum atomic E-state index is -0.270. The molecule has 1 aromatic rings. The van der Waals surface area contributed by atoms with Crippen LogP contribution in [0.5, 0.6) is 0 Å². The second-order valence-corrected chi connectivity index (χ2v) is 6.81. The van der Waals surface area contributed by atoms with Crippen molar-refractivity contribution < 1.29 is 9.59 Å². The number of thiazole rings is 1. The summed E-state index contributed by atoms with van der Waals surface area (Å²) in [6.45, 7) is 5.36. The zero-order valence-corrected chi connectivity index (χ0v) is 14.5. The number of rotatable bonds is 6. The number of carbonyl (C=O) groups is 2. The first-order valence-electron chi connectivity index (χ1n) is 7.98. The molecule has 22 heavy (non-hydrogen) atoms. The van der Waals surface area contributed by atoms with E-state index in [1.807, 2.05) is 19.5 Å². The molecule has 1 aliphatic rings. The van der Waals surface area contributed by atoms with Gasteiger partial charge in [-0.15, -0.1) is 11.3 Å². The van der Waals surface area contributed by atoms with E-state index in [-0.39, 0.29) is 17.9 Å². The van der Waals surface area contributed by atoms with E-state index in [1.54, 1.807) is 21.1 Å². The van der Waals surface area contributed by atoms with Crippen molar-refractivity contribution in [1.29, 1.82) is 0 Å². The van der Waals surface area contributed by atoms with Crippen LogP contribution in [0.1, 0.15) is 43.2 Å². The molecule has 0 N–H and O–H groups in total. The van der Waals surface area contributed by atoms with Crippen molar-refractivity contribution in [2.75, 3.05) is 20.1 Å². The summed E-state index contributed by atoms with van der Waals surface area (Å²) in [6, 6.07) is -0.270. The molecule has 0 spiro atoms. The van der Waals surface area contributed by atoms with Gasteiger partial charge in [0.2, 0.25) is 11.8 Å². The molecule has 2 heterocycles. The standard InChI is InChI=1S/C16H25N3O2S/c1-4-5-6-13-16(21)18(3)9-10-19(13)15(20)8-7-14-12(2)17-11-22-14/h11,13H,4-10H2,1-3H3/t13-/m1/s1. The Balaban J connectivity index is 1.99. The van der Waals surface area contributed by atoms with Crippen LogP contribution in [0.15, 0.2) is 5.51 Å². The van der Waals surface area contributed by atoms with Crippen molar-refractivity contribution in [1.82, 2.24) is 14.8 Å². The molecule has 0 unspecified atom stereocenters. The lowest BCUT2D eigenvalue weighted by Gasteiger charge is -2.39. The predicted molar refractivity (Wildman–Crippen MR) is 87.8 cm³/mol. The quantitative estimate of drug-likeness (QED) is 0.807. The molecule has 0 aliphatic carbocycles. The van der Waals surface area contributed by atoms with E-state index in [0.717, 1.165) is 31.4 Å². The van der Waals surface area contributed by atoms with Gasteiger partial charge in [-0.2, -0.15) is 0 Å². The largest absolute Gasteiger partial charge is 0.342 e. The van der Waals surface area contributed by atoms with Crippen molar-refractivity contribution in [3.8, 4) is 0 Å². The predicted octanol–water partition coefficient (Wildman–Crippen LogP) is 2.24. The lowest BCUT2D eigenvalue weighted by atomic mass is 10.0. The van der Waals surface area contributed by atoms with Gasteiger partial charge in [0.15, 0.2) is 0 Å². The molecule has 1 saturated heterocycles. The van der Waals surface area contributed by atoms with E-state index < -0.39 is 0 Å². The fourth-order valence-corrected chi connectivity index (χ4v) is 3.60. The first-order valence-corrected chi connectivity index (χ1v) is 8.86. The Morgan fingerprint density at radius 3 is 2.86 bits per heavy atom. The summed E-state index contributed by atoms with van der Waals surface area (Å²) in [5.74, 6) is 0.178. The van der Waals surface area contributed by atoms with Gasteiger partial charge >= 0.3 is 0 Å². The summed E-state index contributed by atoms with van der Waals surface area (Å²) in [5.41, 5.74) is 2.83.